The van der Waals surface area contributed by atoms with Crippen LogP contribution in [0.3, 0.4) is 0 Å². The van der Waals surface area contributed by atoms with E-state index in [1.807, 2.05) is 10.9 Å². The number of pyridine rings is 1. The third-order valence-corrected chi connectivity index (χ3v) is 10.4. The van der Waals surface area contributed by atoms with Crippen LogP contribution in [0.2, 0.25) is 5.02 Å². The van der Waals surface area contributed by atoms with Gasteiger partial charge in [0, 0.05) is 55.6 Å². The molecule has 3 saturated heterocycles. The molecule has 4 aromatic rings. The molecule has 236 valence electrons. The van der Waals surface area contributed by atoms with Crippen molar-refractivity contribution in [3.05, 3.63) is 46.6 Å². The summed E-state index contributed by atoms with van der Waals surface area (Å²) >= 11 is 6.64. The summed E-state index contributed by atoms with van der Waals surface area (Å²) in [6.07, 6.45) is 8.82. The molecule has 8 heterocycles. The highest BCUT2D eigenvalue weighted by Crippen LogP contribution is 2.42. The number of phenols is 1. The summed E-state index contributed by atoms with van der Waals surface area (Å²) in [5.41, 5.74) is 1.73. The summed E-state index contributed by atoms with van der Waals surface area (Å²) in [4.78, 5) is 18.4. The fourth-order valence-electron chi connectivity index (χ4n) is 7.91. The van der Waals surface area contributed by atoms with Gasteiger partial charge in [-0.3, -0.25) is 14.6 Å². The van der Waals surface area contributed by atoms with Crippen LogP contribution >= 0.6 is 11.6 Å². The molecule has 3 atom stereocenters. The third kappa shape index (κ3) is 5.25. The van der Waals surface area contributed by atoms with Crippen LogP contribution in [0.25, 0.3) is 22.2 Å². The van der Waals surface area contributed by atoms with Gasteiger partial charge in [-0.2, -0.15) is 9.97 Å². The minimum absolute atomic E-state index is 0.0503. The van der Waals surface area contributed by atoms with E-state index >= 15 is 4.39 Å². The molecular formula is C32H35ClF2N8O2. The van der Waals surface area contributed by atoms with Crippen molar-refractivity contribution in [3.8, 4) is 23.0 Å². The Hall–Kier alpha value is -3.64. The zero-order valence-corrected chi connectivity index (χ0v) is 25.7. The van der Waals surface area contributed by atoms with E-state index in [0.29, 0.717) is 72.7 Å². The highest BCUT2D eigenvalue weighted by Gasteiger charge is 2.49. The molecule has 8 bridgehead atoms. The van der Waals surface area contributed by atoms with E-state index in [9.17, 15) is 9.50 Å². The van der Waals surface area contributed by atoms with Crippen molar-refractivity contribution in [2.75, 3.05) is 37.7 Å². The van der Waals surface area contributed by atoms with Crippen molar-refractivity contribution in [1.29, 1.82) is 0 Å². The summed E-state index contributed by atoms with van der Waals surface area (Å²) in [5, 5.41) is 20.1. The quantitative estimate of drug-likeness (QED) is 0.327. The Morgan fingerprint density at radius 1 is 1.09 bits per heavy atom. The van der Waals surface area contributed by atoms with Gasteiger partial charge in [0.25, 0.3) is 0 Å². The zero-order chi connectivity index (χ0) is 30.7. The van der Waals surface area contributed by atoms with Crippen molar-refractivity contribution in [3.63, 3.8) is 0 Å². The maximum absolute atomic E-state index is 16.7. The normalized spacial score (nSPS) is 25.1. The van der Waals surface area contributed by atoms with Crippen molar-refractivity contribution in [2.45, 2.75) is 69.6 Å². The number of aryl methyl sites for hydroxylation is 1. The van der Waals surface area contributed by atoms with Crippen molar-refractivity contribution in [2.24, 2.45) is 5.92 Å². The van der Waals surface area contributed by atoms with E-state index in [1.54, 1.807) is 6.20 Å². The molecule has 3 aromatic heterocycles. The molecule has 10 nitrogen and oxygen atoms in total. The first-order chi connectivity index (χ1) is 21.8. The molecule has 5 aliphatic rings. The van der Waals surface area contributed by atoms with Gasteiger partial charge in [0.2, 0.25) is 0 Å². The molecule has 0 saturated carbocycles. The van der Waals surface area contributed by atoms with Gasteiger partial charge in [0.05, 0.1) is 16.6 Å². The van der Waals surface area contributed by atoms with E-state index in [4.69, 9.17) is 21.3 Å². The minimum atomic E-state index is -0.890. The van der Waals surface area contributed by atoms with Crippen LogP contribution in [0, 0.1) is 11.7 Å². The SMILES string of the molecule is Oc1cc(Cl)c2c(c1)-c1ncc3c(nc(OC[C@@]45CCCN4C[C@H](F)C5)nc3c1F)N1CCCC(C1)Cn1cc(nn1)CCC2. The molecule has 0 amide bonds. The molecule has 1 unspecified atom stereocenters. The number of hydrogen-bond donors (Lipinski definition) is 1. The Labute approximate surface area is 264 Å². The lowest BCUT2D eigenvalue weighted by atomic mass is 9.95. The van der Waals surface area contributed by atoms with Crippen LogP contribution in [0.15, 0.2) is 24.5 Å². The van der Waals surface area contributed by atoms with Gasteiger partial charge in [0.1, 0.15) is 35.6 Å². The predicted molar refractivity (Wildman–Crippen MR) is 165 cm³/mol. The fraction of sp³-hybridized carbons (Fsp3) is 0.531. The Bertz CT molecular complexity index is 1770. The number of ether oxygens (including phenoxy) is 1. The Balaban J connectivity index is 1.26. The van der Waals surface area contributed by atoms with Gasteiger partial charge in [0.15, 0.2) is 5.82 Å². The van der Waals surface area contributed by atoms with Crippen LogP contribution in [0.5, 0.6) is 11.8 Å². The molecule has 45 heavy (non-hydrogen) atoms. The molecule has 0 spiro atoms. The summed E-state index contributed by atoms with van der Waals surface area (Å²) in [6.45, 7) is 3.63. The van der Waals surface area contributed by atoms with Crippen molar-refractivity contribution in [1.82, 2.24) is 34.8 Å². The number of fused-ring (bicyclic) bond motifs is 4. The summed E-state index contributed by atoms with van der Waals surface area (Å²) in [5.74, 6) is 0.135. The first-order valence-corrected chi connectivity index (χ1v) is 16.3. The van der Waals surface area contributed by atoms with Crippen LogP contribution in [-0.4, -0.2) is 84.4 Å². The van der Waals surface area contributed by atoms with E-state index in [2.05, 4.69) is 30.1 Å². The van der Waals surface area contributed by atoms with Gasteiger partial charge in [-0.05, 0) is 75.1 Å². The van der Waals surface area contributed by atoms with Gasteiger partial charge in [-0.25, -0.2) is 8.78 Å². The number of alkyl halides is 1. The standard InChI is InChI=1S/C32H35ClF2N8O2/c33-26-11-22(44)10-24-23(26)6-1-5-21-17-43(40-39-21)15-19-4-2-8-41(14-19)30-25-13-36-28(24)27(35)29(25)37-31(38-30)45-18-32-7-3-9-42(32)16-20(34)12-32/h10-11,13,17,19-20,44H,1-9,12,14-16,18H2/t19?,20-,32+/m1/s1. The van der Waals surface area contributed by atoms with E-state index in [0.717, 1.165) is 44.5 Å². The maximum atomic E-state index is 16.7. The predicted octanol–water partition coefficient (Wildman–Crippen LogP) is 5.14. The summed E-state index contributed by atoms with van der Waals surface area (Å²) in [6, 6.07) is 3.03. The topological polar surface area (TPSA) is 105 Å². The Morgan fingerprint density at radius 2 is 2.00 bits per heavy atom. The van der Waals surface area contributed by atoms with Gasteiger partial charge >= 0.3 is 6.01 Å². The summed E-state index contributed by atoms with van der Waals surface area (Å²) < 4.78 is 39.4. The number of nitrogens with zero attached hydrogens (tertiary/aromatic N) is 8. The van der Waals surface area contributed by atoms with E-state index in [-0.39, 0.29) is 35.5 Å². The molecule has 3 fully saturated rings. The average molecular weight is 637 g/mol. The Kier molecular flexibility index (Phi) is 7.24. The van der Waals surface area contributed by atoms with Crippen LogP contribution < -0.4 is 9.64 Å². The number of anilines is 1. The van der Waals surface area contributed by atoms with Crippen LogP contribution in [0.1, 0.15) is 49.8 Å². The van der Waals surface area contributed by atoms with Crippen LogP contribution in [-0.2, 0) is 19.4 Å². The highest BCUT2D eigenvalue weighted by molar-refractivity contribution is 6.32. The van der Waals surface area contributed by atoms with Gasteiger partial charge in [-0.1, -0.05) is 16.8 Å². The van der Waals surface area contributed by atoms with Crippen LogP contribution in [0.4, 0.5) is 14.6 Å². The van der Waals surface area contributed by atoms with Gasteiger partial charge < -0.3 is 14.7 Å². The third-order valence-electron chi connectivity index (χ3n) is 10.0. The number of halogens is 3. The monoisotopic (exact) mass is 636 g/mol. The summed E-state index contributed by atoms with van der Waals surface area (Å²) in [7, 11) is 0. The molecule has 9 rings (SSSR count). The zero-order valence-electron chi connectivity index (χ0n) is 24.9. The number of rotatable bonds is 3. The minimum Gasteiger partial charge on any atom is -0.508 e. The van der Waals surface area contributed by atoms with E-state index in [1.165, 1.54) is 12.1 Å². The van der Waals surface area contributed by atoms with E-state index < -0.39 is 17.5 Å². The second-order valence-corrected chi connectivity index (χ2v) is 13.5. The molecule has 1 N–H and O–H groups in total. The number of aromatic nitrogens is 6. The lowest BCUT2D eigenvalue weighted by Gasteiger charge is -2.34. The molecule has 13 heteroatoms. The molecule has 5 aliphatic heterocycles. The Morgan fingerprint density at radius 3 is 2.91 bits per heavy atom. The molecule has 0 radical (unpaired) electrons. The fourth-order valence-corrected chi connectivity index (χ4v) is 8.22. The second-order valence-electron chi connectivity index (χ2n) is 13.1. The second kappa shape index (κ2) is 11.3. The molecular weight excluding hydrogens is 602 g/mol. The lowest BCUT2D eigenvalue weighted by Crippen LogP contribution is -2.43. The number of phenolic OH excluding ortho intramolecular Hbond substituents is 1. The number of aromatic hydroxyl groups is 1. The number of hydrogen-bond acceptors (Lipinski definition) is 9. The molecule has 0 aliphatic carbocycles. The van der Waals surface area contributed by atoms with Crippen molar-refractivity contribution < 1.29 is 18.6 Å². The van der Waals surface area contributed by atoms with Crippen molar-refractivity contribution >= 4 is 28.3 Å². The average Bonchev–Trinajstić information content (AvgIpc) is 3.71. The molecule has 1 aromatic carbocycles. The maximum Gasteiger partial charge on any atom is 0.319 e. The van der Waals surface area contributed by atoms with Gasteiger partial charge in [-0.15, -0.1) is 5.10 Å². The first kappa shape index (κ1) is 28.8. The number of benzene rings is 1. The highest BCUT2D eigenvalue weighted by atomic mass is 35.5. The largest absolute Gasteiger partial charge is 0.508 e. The first-order valence-electron chi connectivity index (χ1n) is 15.9. The smallest absolute Gasteiger partial charge is 0.319 e. The lowest BCUT2D eigenvalue weighted by molar-refractivity contribution is 0.107. The number of piperidine rings is 1.